The Bertz CT molecular complexity index is 304. The van der Waals surface area contributed by atoms with Crippen molar-refractivity contribution in [2.45, 2.75) is 19.3 Å². The topological polar surface area (TPSA) is 30.0 Å². The number of aromatic nitrogens is 1. The van der Waals surface area contributed by atoms with Crippen molar-refractivity contribution in [2.24, 2.45) is 0 Å². The van der Waals surface area contributed by atoms with Crippen LogP contribution in [-0.4, -0.2) is 14.9 Å². The van der Waals surface area contributed by atoms with E-state index in [0.29, 0.717) is 0 Å². The third kappa shape index (κ3) is 2.63. The fraction of sp³-hybridized carbons (Fsp3) is 0.400. The zero-order valence-corrected chi connectivity index (χ0v) is 9.22. The molecule has 0 saturated carbocycles. The van der Waals surface area contributed by atoms with Crippen LogP contribution in [0.4, 0.5) is 0 Å². The summed E-state index contributed by atoms with van der Waals surface area (Å²) in [5.41, 5.74) is 1.10. The second-order valence-electron chi connectivity index (χ2n) is 3.17. The van der Waals surface area contributed by atoms with Crippen molar-refractivity contribution in [3.05, 3.63) is 35.3 Å². The molecule has 1 unspecified atom stereocenters. The third-order valence-electron chi connectivity index (χ3n) is 2.26. The first kappa shape index (κ1) is 11.8. The molecule has 0 amide bonds. The number of pyridine rings is 1. The van der Waals surface area contributed by atoms with Crippen LogP contribution >= 0.6 is 0 Å². The van der Waals surface area contributed by atoms with Crippen molar-refractivity contribution < 1.29 is 23.1 Å². The Balaban J connectivity index is 0.000000980. The first-order valence-electron chi connectivity index (χ1n) is 4.52. The van der Waals surface area contributed by atoms with Gasteiger partial charge in [0.05, 0.1) is 0 Å². The van der Waals surface area contributed by atoms with Crippen molar-refractivity contribution >= 4 is 10.8 Å². The van der Waals surface area contributed by atoms with E-state index in [1.807, 2.05) is 12.1 Å². The summed E-state index contributed by atoms with van der Waals surface area (Å²) < 4.78 is 11.6. The van der Waals surface area contributed by atoms with Crippen LogP contribution in [0, 0.1) is 5.25 Å². The smallest absolute Gasteiger partial charge is 0.291 e. The maximum absolute atomic E-state index is 11.6. The van der Waals surface area contributed by atoms with Gasteiger partial charge < -0.3 is 0 Å². The molecule has 0 aliphatic carbocycles. The summed E-state index contributed by atoms with van der Waals surface area (Å²) in [6, 6.07) is 3.89. The molecule has 0 radical (unpaired) electrons. The van der Waals surface area contributed by atoms with Gasteiger partial charge in [-0.1, -0.05) is 18.1 Å². The molecule has 0 spiro atoms. The first-order valence-corrected chi connectivity index (χ1v) is 5.84. The van der Waals surface area contributed by atoms with Crippen LogP contribution in [0.15, 0.2) is 24.5 Å². The van der Waals surface area contributed by atoms with Gasteiger partial charge in [0.15, 0.2) is 0 Å². The average Bonchev–Trinajstić information content (AvgIpc) is 2.20. The average molecular weight is 201 g/mol. The second kappa shape index (κ2) is 5.60. The third-order valence-corrected chi connectivity index (χ3v) is 3.91. The summed E-state index contributed by atoms with van der Waals surface area (Å²) in [6.07, 6.45) is 6.77. The Kier molecular flexibility index (Phi) is 4.74. The minimum atomic E-state index is -0.740. The van der Waals surface area contributed by atoms with E-state index in [1.54, 1.807) is 12.4 Å². The predicted octanol–water partition coefficient (Wildman–Crippen LogP) is -1.10. The largest absolute Gasteiger partial charge is 1.00 e. The van der Waals surface area contributed by atoms with Gasteiger partial charge in [0.25, 0.3) is 0 Å². The molecular weight excluding hydrogens is 189 g/mol. The van der Waals surface area contributed by atoms with Crippen molar-refractivity contribution in [3.8, 4) is 0 Å². The van der Waals surface area contributed by atoms with Crippen molar-refractivity contribution in [1.29, 1.82) is 0 Å². The normalized spacial score (nSPS) is 21.4. The van der Waals surface area contributed by atoms with Crippen LogP contribution in [-0.2, 0) is 10.8 Å². The summed E-state index contributed by atoms with van der Waals surface area (Å²) in [6.45, 7) is 0. The number of hydrogen-bond donors (Lipinski definition) is 0. The molecule has 4 heteroatoms. The summed E-state index contributed by atoms with van der Waals surface area (Å²) in [7, 11) is -0.740. The summed E-state index contributed by atoms with van der Waals surface area (Å²) in [5, 5.41) is 1.11. The Morgan fingerprint density at radius 1 is 1.29 bits per heavy atom. The molecule has 2 heterocycles. The van der Waals surface area contributed by atoms with Gasteiger partial charge in [0.2, 0.25) is 0 Å². The Labute approximate surface area is 99.1 Å². The van der Waals surface area contributed by atoms with Gasteiger partial charge in [0.1, 0.15) is 0 Å². The number of rotatable bonds is 1. The van der Waals surface area contributed by atoms with Gasteiger partial charge >= 0.3 is 18.9 Å². The van der Waals surface area contributed by atoms with E-state index < -0.39 is 10.8 Å². The zero-order chi connectivity index (χ0) is 9.10. The molecule has 1 fully saturated rings. The SMILES string of the molecule is O=S1CCCC[C-]1c1ccncc1.[Li+]. The zero-order valence-electron chi connectivity index (χ0n) is 8.40. The Morgan fingerprint density at radius 3 is 2.64 bits per heavy atom. The quantitative estimate of drug-likeness (QED) is 0.426. The molecule has 0 bridgehead atoms. The molecule has 1 aromatic heterocycles. The summed E-state index contributed by atoms with van der Waals surface area (Å²) >= 11 is 0. The van der Waals surface area contributed by atoms with Gasteiger partial charge in [0, 0.05) is 5.75 Å². The van der Waals surface area contributed by atoms with Crippen LogP contribution in [0.2, 0.25) is 0 Å². The van der Waals surface area contributed by atoms with E-state index in [2.05, 4.69) is 4.98 Å². The van der Waals surface area contributed by atoms with Gasteiger partial charge in [-0.2, -0.15) is 5.56 Å². The van der Waals surface area contributed by atoms with E-state index in [1.165, 1.54) is 6.42 Å². The molecular formula is C10H12LiNOS. The van der Waals surface area contributed by atoms with Crippen LogP contribution in [0.3, 0.4) is 0 Å². The van der Waals surface area contributed by atoms with E-state index >= 15 is 0 Å². The molecule has 1 aromatic rings. The monoisotopic (exact) mass is 201 g/mol. The Morgan fingerprint density at radius 2 is 2.00 bits per heavy atom. The maximum Gasteiger partial charge on any atom is 1.00 e. The van der Waals surface area contributed by atoms with E-state index in [4.69, 9.17) is 0 Å². The molecule has 1 atom stereocenters. The van der Waals surface area contributed by atoms with Crippen LogP contribution in [0.1, 0.15) is 24.8 Å². The van der Waals surface area contributed by atoms with E-state index in [0.717, 1.165) is 29.4 Å². The molecule has 2 nitrogen and oxygen atoms in total. The fourth-order valence-electron chi connectivity index (χ4n) is 1.57. The van der Waals surface area contributed by atoms with Crippen LogP contribution < -0.4 is 18.9 Å². The van der Waals surface area contributed by atoms with Gasteiger partial charge in [-0.3, -0.25) is 9.19 Å². The van der Waals surface area contributed by atoms with Crippen molar-refractivity contribution in [1.82, 2.24) is 4.98 Å². The maximum atomic E-state index is 11.6. The predicted molar refractivity (Wildman–Crippen MR) is 53.4 cm³/mol. The standard InChI is InChI=1S/C10H12NOS.Li/c12-13-8-2-1-3-10(13)9-4-6-11-7-5-9;/h4-7H,1-3,8H2;/q-1;+1. The van der Waals surface area contributed by atoms with E-state index in [-0.39, 0.29) is 18.9 Å². The van der Waals surface area contributed by atoms with Gasteiger partial charge in [-0.15, -0.1) is 12.1 Å². The summed E-state index contributed by atoms with van der Waals surface area (Å²) in [4.78, 5) is 3.95. The molecule has 2 rings (SSSR count). The molecule has 0 N–H and O–H groups in total. The van der Waals surface area contributed by atoms with Crippen molar-refractivity contribution in [2.75, 3.05) is 5.75 Å². The van der Waals surface area contributed by atoms with Crippen molar-refractivity contribution in [3.63, 3.8) is 0 Å². The number of hydrogen-bond acceptors (Lipinski definition) is 2. The van der Waals surface area contributed by atoms with Gasteiger partial charge in [-0.25, -0.2) is 0 Å². The molecule has 0 aromatic carbocycles. The van der Waals surface area contributed by atoms with E-state index in [9.17, 15) is 4.21 Å². The first-order chi connectivity index (χ1) is 6.38. The van der Waals surface area contributed by atoms with Crippen LogP contribution in [0.5, 0.6) is 0 Å². The molecule has 14 heavy (non-hydrogen) atoms. The molecule has 1 saturated heterocycles. The fourth-order valence-corrected chi connectivity index (χ4v) is 3.05. The Hall–Kier alpha value is -0.233. The molecule has 1 aliphatic rings. The van der Waals surface area contributed by atoms with Gasteiger partial charge in [-0.05, 0) is 29.6 Å². The van der Waals surface area contributed by atoms with Crippen LogP contribution in [0.25, 0.3) is 0 Å². The minimum absolute atomic E-state index is 0. The molecule has 70 valence electrons. The molecule has 1 aliphatic heterocycles. The summed E-state index contributed by atoms with van der Waals surface area (Å²) in [5.74, 6) is 0.831. The second-order valence-corrected chi connectivity index (χ2v) is 4.76. The minimum Gasteiger partial charge on any atom is -0.291 e. The number of nitrogens with zero attached hydrogens (tertiary/aromatic N) is 1.